The first-order valence-electron chi connectivity index (χ1n) is 4.52. The summed E-state index contributed by atoms with van der Waals surface area (Å²) in [6.07, 6.45) is 0.557. The lowest BCUT2D eigenvalue weighted by Crippen LogP contribution is -2.20. The number of carbonyl (C=O) groups is 1. The third kappa shape index (κ3) is 4.01. The number of rotatable bonds is 4. The van der Waals surface area contributed by atoms with Crippen LogP contribution in [0.1, 0.15) is 12.8 Å². The van der Waals surface area contributed by atoms with Crippen LogP contribution < -0.4 is 4.74 Å². The molecule has 0 N–H and O–H groups in total. The van der Waals surface area contributed by atoms with E-state index in [0.717, 1.165) is 0 Å². The fourth-order valence-corrected chi connectivity index (χ4v) is 1.13. The lowest BCUT2D eigenvalue weighted by molar-refractivity contribution is -0.134. The van der Waals surface area contributed by atoms with E-state index < -0.39 is 11.3 Å². The Hall–Kier alpha value is -1.53. The van der Waals surface area contributed by atoms with Gasteiger partial charge < -0.3 is 4.74 Å². The Kier molecular flexibility index (Phi) is 4.65. The molecule has 78 valence electrons. The minimum Gasteiger partial charge on any atom is -0.425 e. The van der Waals surface area contributed by atoms with E-state index in [9.17, 15) is 4.79 Å². The largest absolute Gasteiger partial charge is 0.425 e. The second-order valence-corrected chi connectivity index (χ2v) is 3.43. The second kappa shape index (κ2) is 6.05. The van der Waals surface area contributed by atoms with E-state index in [-0.39, 0.29) is 6.42 Å². The molecule has 0 saturated heterocycles. The summed E-state index contributed by atoms with van der Waals surface area (Å²) in [5.74, 6) is -0.0526. The van der Waals surface area contributed by atoms with E-state index in [2.05, 4.69) is 0 Å². The molecular weight excluding hydrogens is 214 g/mol. The van der Waals surface area contributed by atoms with Crippen molar-refractivity contribution in [2.24, 2.45) is 0 Å². The Balaban J connectivity index is 2.46. The Labute approximate surface area is 93.2 Å². The van der Waals surface area contributed by atoms with Crippen LogP contribution in [0.5, 0.6) is 5.75 Å². The quantitative estimate of drug-likeness (QED) is 0.448. The van der Waals surface area contributed by atoms with Gasteiger partial charge in [-0.05, 0) is 18.6 Å². The van der Waals surface area contributed by atoms with Crippen LogP contribution in [0.4, 0.5) is 0 Å². The highest BCUT2D eigenvalue weighted by Crippen LogP contribution is 2.13. The summed E-state index contributed by atoms with van der Waals surface area (Å²) in [6.45, 7) is 0. The SMILES string of the molecule is N#CCCC(Cl)C(=O)Oc1ccccc1. The molecule has 0 amide bonds. The smallest absolute Gasteiger partial charge is 0.329 e. The average molecular weight is 224 g/mol. The number of hydrogen-bond donors (Lipinski definition) is 0. The number of halogens is 1. The topological polar surface area (TPSA) is 50.1 Å². The molecule has 3 nitrogen and oxygen atoms in total. The standard InChI is InChI=1S/C11H10ClNO2/c12-10(7-4-8-13)11(14)15-9-5-2-1-3-6-9/h1-3,5-6,10H,4,7H2. The van der Waals surface area contributed by atoms with Crippen molar-refractivity contribution in [2.75, 3.05) is 0 Å². The van der Waals surface area contributed by atoms with Gasteiger partial charge in [0.2, 0.25) is 0 Å². The van der Waals surface area contributed by atoms with Crippen molar-refractivity contribution in [2.45, 2.75) is 18.2 Å². The molecule has 0 bridgehead atoms. The van der Waals surface area contributed by atoms with Gasteiger partial charge in [0, 0.05) is 6.42 Å². The first kappa shape index (κ1) is 11.5. The van der Waals surface area contributed by atoms with Gasteiger partial charge in [-0.15, -0.1) is 11.6 Å². The molecule has 1 aromatic carbocycles. The van der Waals surface area contributed by atoms with E-state index in [1.807, 2.05) is 12.1 Å². The summed E-state index contributed by atoms with van der Waals surface area (Å²) in [6, 6.07) is 10.6. The molecule has 0 saturated carbocycles. The third-order valence-electron chi connectivity index (χ3n) is 1.73. The van der Waals surface area contributed by atoms with Gasteiger partial charge in [-0.25, -0.2) is 0 Å². The van der Waals surface area contributed by atoms with E-state index >= 15 is 0 Å². The maximum Gasteiger partial charge on any atom is 0.329 e. The first-order valence-corrected chi connectivity index (χ1v) is 4.95. The van der Waals surface area contributed by atoms with Crippen molar-refractivity contribution in [3.8, 4) is 11.8 Å². The van der Waals surface area contributed by atoms with E-state index in [0.29, 0.717) is 12.2 Å². The average Bonchev–Trinajstić information content (AvgIpc) is 2.27. The second-order valence-electron chi connectivity index (χ2n) is 2.90. The maximum absolute atomic E-state index is 11.4. The van der Waals surface area contributed by atoms with Crippen molar-refractivity contribution >= 4 is 17.6 Å². The van der Waals surface area contributed by atoms with Crippen LogP contribution in [0, 0.1) is 11.3 Å². The Morgan fingerprint density at radius 3 is 2.73 bits per heavy atom. The van der Waals surface area contributed by atoms with E-state index in [1.54, 1.807) is 24.3 Å². The highest BCUT2D eigenvalue weighted by atomic mass is 35.5. The predicted octanol–water partition coefficient (Wildman–Crippen LogP) is 2.50. The lowest BCUT2D eigenvalue weighted by Gasteiger charge is -2.07. The number of benzene rings is 1. The molecule has 0 heterocycles. The summed E-state index contributed by atoms with van der Waals surface area (Å²) in [4.78, 5) is 11.4. The summed E-state index contributed by atoms with van der Waals surface area (Å²) in [5.41, 5.74) is 0. The first-order chi connectivity index (χ1) is 7.24. The zero-order chi connectivity index (χ0) is 11.1. The maximum atomic E-state index is 11.4. The fraction of sp³-hybridized carbons (Fsp3) is 0.273. The Bertz CT molecular complexity index is 359. The lowest BCUT2D eigenvalue weighted by atomic mass is 10.2. The molecule has 0 spiro atoms. The summed E-state index contributed by atoms with van der Waals surface area (Å²) >= 11 is 5.73. The molecule has 0 radical (unpaired) electrons. The van der Waals surface area contributed by atoms with Gasteiger partial charge in [-0.1, -0.05) is 18.2 Å². The van der Waals surface area contributed by atoms with Crippen molar-refractivity contribution < 1.29 is 9.53 Å². The molecular formula is C11H10ClNO2. The number of ether oxygens (including phenoxy) is 1. The molecule has 0 aliphatic heterocycles. The van der Waals surface area contributed by atoms with Crippen molar-refractivity contribution in [3.05, 3.63) is 30.3 Å². The van der Waals surface area contributed by atoms with Crippen LogP contribution in [0.3, 0.4) is 0 Å². The molecule has 1 aromatic rings. The summed E-state index contributed by atoms with van der Waals surface area (Å²) in [5, 5.41) is 7.57. The molecule has 4 heteroatoms. The van der Waals surface area contributed by atoms with Gasteiger partial charge in [0.05, 0.1) is 6.07 Å². The predicted molar refractivity (Wildman–Crippen MR) is 56.6 cm³/mol. The van der Waals surface area contributed by atoms with Gasteiger partial charge in [-0.3, -0.25) is 4.79 Å². The Morgan fingerprint density at radius 1 is 1.47 bits per heavy atom. The van der Waals surface area contributed by atoms with Gasteiger partial charge in [0.15, 0.2) is 0 Å². The monoisotopic (exact) mass is 223 g/mol. The van der Waals surface area contributed by atoms with E-state index in [1.165, 1.54) is 0 Å². The summed E-state index contributed by atoms with van der Waals surface area (Å²) < 4.78 is 4.99. The van der Waals surface area contributed by atoms with Crippen LogP contribution >= 0.6 is 11.6 Å². The van der Waals surface area contributed by atoms with Gasteiger partial charge >= 0.3 is 5.97 Å². The van der Waals surface area contributed by atoms with Crippen LogP contribution in [0.2, 0.25) is 0 Å². The van der Waals surface area contributed by atoms with Crippen LogP contribution in [0.25, 0.3) is 0 Å². The van der Waals surface area contributed by atoms with Gasteiger partial charge in [0.1, 0.15) is 11.1 Å². The molecule has 1 rings (SSSR count). The minimum absolute atomic E-state index is 0.248. The minimum atomic E-state index is -0.759. The van der Waals surface area contributed by atoms with E-state index in [4.69, 9.17) is 21.6 Å². The molecule has 0 aliphatic carbocycles. The highest BCUT2D eigenvalue weighted by Gasteiger charge is 2.16. The number of carbonyl (C=O) groups excluding carboxylic acids is 1. The van der Waals surface area contributed by atoms with Gasteiger partial charge in [-0.2, -0.15) is 5.26 Å². The normalized spacial score (nSPS) is 11.5. The Morgan fingerprint density at radius 2 is 2.13 bits per heavy atom. The molecule has 1 unspecified atom stereocenters. The summed E-state index contributed by atoms with van der Waals surface area (Å²) in [7, 11) is 0. The number of para-hydroxylation sites is 1. The number of nitriles is 1. The number of alkyl halides is 1. The zero-order valence-corrected chi connectivity index (χ0v) is 8.78. The molecule has 0 aromatic heterocycles. The third-order valence-corrected chi connectivity index (χ3v) is 2.12. The van der Waals surface area contributed by atoms with Crippen molar-refractivity contribution in [1.82, 2.24) is 0 Å². The van der Waals surface area contributed by atoms with Crippen LogP contribution in [0.15, 0.2) is 30.3 Å². The highest BCUT2D eigenvalue weighted by molar-refractivity contribution is 6.30. The van der Waals surface area contributed by atoms with Crippen molar-refractivity contribution in [1.29, 1.82) is 5.26 Å². The van der Waals surface area contributed by atoms with Crippen molar-refractivity contribution in [3.63, 3.8) is 0 Å². The van der Waals surface area contributed by atoms with Crippen LogP contribution in [-0.4, -0.2) is 11.3 Å². The van der Waals surface area contributed by atoms with Gasteiger partial charge in [0.25, 0.3) is 0 Å². The number of nitrogens with zero attached hydrogens (tertiary/aromatic N) is 1. The fourth-order valence-electron chi connectivity index (χ4n) is 0.978. The molecule has 0 aliphatic rings. The number of hydrogen-bond acceptors (Lipinski definition) is 3. The van der Waals surface area contributed by atoms with Crippen LogP contribution in [-0.2, 0) is 4.79 Å². The molecule has 0 fully saturated rings. The number of esters is 1. The molecule has 1 atom stereocenters. The zero-order valence-electron chi connectivity index (χ0n) is 8.02. The molecule has 15 heavy (non-hydrogen) atoms.